The topological polar surface area (TPSA) is 30.3 Å². The zero-order valence-corrected chi connectivity index (χ0v) is 13.6. The number of hydrogen-bond acceptors (Lipinski definition) is 3. The molecule has 0 radical (unpaired) electrons. The monoisotopic (exact) mass is 337 g/mol. The molecule has 4 nitrogen and oxygen atoms in total. The lowest BCUT2D eigenvalue weighted by atomic mass is 10.3. The smallest absolute Gasteiger partial charge is 0.0739 e. The second-order valence-electron chi connectivity index (χ2n) is 4.20. The Balaban J connectivity index is 2.50. The third-order valence-electron chi connectivity index (χ3n) is 2.71. The average molecular weight is 339 g/mol. The summed E-state index contributed by atoms with van der Waals surface area (Å²) in [6, 6.07) is 0. The predicted molar refractivity (Wildman–Crippen MR) is 78.2 cm³/mol. The molecule has 0 atom stereocenters. The second-order valence-corrected chi connectivity index (χ2v) is 5.37. The molecular weight excluding hydrogens is 318 g/mol. The Kier molecular flexibility index (Phi) is 7.22. The number of likely N-dealkylation sites (N-methyl/N-ethyl adjacent to an activating group) is 1. The maximum atomic E-state index is 5.55. The van der Waals surface area contributed by atoms with Crippen molar-refractivity contribution >= 4 is 27.5 Å². The van der Waals surface area contributed by atoms with Crippen LogP contribution in [0.2, 0.25) is 0 Å². The summed E-state index contributed by atoms with van der Waals surface area (Å²) >= 11 is 9.16. The van der Waals surface area contributed by atoms with E-state index in [0.717, 1.165) is 29.8 Å². The van der Waals surface area contributed by atoms with E-state index in [9.17, 15) is 0 Å². The van der Waals surface area contributed by atoms with E-state index in [4.69, 9.17) is 16.3 Å². The number of rotatable bonds is 8. The van der Waals surface area contributed by atoms with Gasteiger partial charge in [0.1, 0.15) is 0 Å². The van der Waals surface area contributed by atoms with Crippen LogP contribution in [-0.2, 0) is 17.8 Å². The van der Waals surface area contributed by atoms with Gasteiger partial charge in [-0.15, -0.1) is 11.6 Å². The molecule has 0 fully saturated rings. The Morgan fingerprint density at radius 1 is 1.44 bits per heavy atom. The molecule has 0 unspecified atom stereocenters. The standard InChI is InChI=1S/C12H21BrClN3O/c1-4-17-11(12(13)10(2)15-17)9-16(3)6-8-18-7-5-14/h4-9H2,1-3H3. The first-order valence-electron chi connectivity index (χ1n) is 6.14. The molecule has 1 aromatic heterocycles. The van der Waals surface area contributed by atoms with Crippen molar-refractivity contribution in [2.45, 2.75) is 26.9 Å². The normalized spacial score (nSPS) is 11.4. The van der Waals surface area contributed by atoms with Crippen LogP contribution < -0.4 is 0 Å². The van der Waals surface area contributed by atoms with Crippen molar-refractivity contribution in [3.8, 4) is 0 Å². The highest BCUT2D eigenvalue weighted by atomic mass is 79.9. The number of hydrogen-bond donors (Lipinski definition) is 0. The molecule has 18 heavy (non-hydrogen) atoms. The highest BCUT2D eigenvalue weighted by molar-refractivity contribution is 9.10. The first-order valence-corrected chi connectivity index (χ1v) is 7.46. The fraction of sp³-hybridized carbons (Fsp3) is 0.750. The Bertz CT molecular complexity index is 370. The van der Waals surface area contributed by atoms with Gasteiger partial charge in [-0.25, -0.2) is 0 Å². The molecule has 0 bridgehead atoms. The Labute approximate surface area is 122 Å². The fourth-order valence-corrected chi connectivity index (χ4v) is 2.25. The van der Waals surface area contributed by atoms with Gasteiger partial charge < -0.3 is 4.74 Å². The maximum Gasteiger partial charge on any atom is 0.0739 e. The van der Waals surface area contributed by atoms with Crippen molar-refractivity contribution < 1.29 is 4.74 Å². The van der Waals surface area contributed by atoms with E-state index in [1.54, 1.807) is 0 Å². The van der Waals surface area contributed by atoms with Crippen molar-refractivity contribution in [2.75, 3.05) is 32.7 Å². The minimum absolute atomic E-state index is 0.553. The third kappa shape index (κ3) is 4.53. The van der Waals surface area contributed by atoms with Gasteiger partial charge in [0.05, 0.1) is 29.1 Å². The van der Waals surface area contributed by atoms with Gasteiger partial charge in [-0.1, -0.05) is 0 Å². The minimum Gasteiger partial charge on any atom is -0.379 e. The molecule has 0 spiro atoms. The number of ether oxygens (including phenoxy) is 1. The van der Waals surface area contributed by atoms with Crippen molar-refractivity contribution in [2.24, 2.45) is 0 Å². The second kappa shape index (κ2) is 8.15. The van der Waals surface area contributed by atoms with Crippen molar-refractivity contribution in [1.82, 2.24) is 14.7 Å². The highest BCUT2D eigenvalue weighted by Crippen LogP contribution is 2.22. The van der Waals surface area contributed by atoms with Crippen LogP contribution in [0.25, 0.3) is 0 Å². The van der Waals surface area contributed by atoms with E-state index < -0.39 is 0 Å². The molecule has 0 saturated heterocycles. The summed E-state index contributed by atoms with van der Waals surface area (Å²) in [5.41, 5.74) is 2.26. The summed E-state index contributed by atoms with van der Waals surface area (Å²) in [6.45, 7) is 8.08. The summed E-state index contributed by atoms with van der Waals surface area (Å²) in [5.74, 6) is 0.553. The predicted octanol–water partition coefficient (Wildman–Crippen LogP) is 2.66. The van der Waals surface area contributed by atoms with Gasteiger partial charge in [0.15, 0.2) is 0 Å². The van der Waals surface area contributed by atoms with E-state index in [1.807, 2.05) is 11.6 Å². The third-order valence-corrected chi connectivity index (χ3v) is 3.90. The van der Waals surface area contributed by atoms with Crippen LogP contribution in [0.3, 0.4) is 0 Å². The zero-order chi connectivity index (χ0) is 13.5. The number of aryl methyl sites for hydroxylation is 2. The minimum atomic E-state index is 0.553. The van der Waals surface area contributed by atoms with Crippen LogP contribution in [0.4, 0.5) is 0 Å². The van der Waals surface area contributed by atoms with Gasteiger partial charge in [-0.05, 0) is 36.8 Å². The zero-order valence-electron chi connectivity index (χ0n) is 11.2. The van der Waals surface area contributed by atoms with Crippen molar-refractivity contribution in [3.05, 3.63) is 15.9 Å². The molecule has 0 aliphatic carbocycles. The molecule has 1 aromatic rings. The Hall–Kier alpha value is -0.100. The fourth-order valence-electron chi connectivity index (χ4n) is 1.73. The van der Waals surface area contributed by atoms with Crippen molar-refractivity contribution in [1.29, 1.82) is 0 Å². The van der Waals surface area contributed by atoms with Crippen LogP contribution in [0.15, 0.2) is 4.47 Å². The first kappa shape index (κ1) is 16.0. The van der Waals surface area contributed by atoms with E-state index in [1.165, 1.54) is 5.69 Å². The molecule has 6 heteroatoms. The number of alkyl halides is 1. The first-order chi connectivity index (χ1) is 8.60. The molecule has 0 amide bonds. The molecule has 104 valence electrons. The van der Waals surface area contributed by atoms with Crippen molar-refractivity contribution in [3.63, 3.8) is 0 Å². The van der Waals surface area contributed by atoms with Gasteiger partial charge in [-0.3, -0.25) is 9.58 Å². The van der Waals surface area contributed by atoms with Crippen LogP contribution in [0.1, 0.15) is 18.3 Å². The highest BCUT2D eigenvalue weighted by Gasteiger charge is 2.13. The van der Waals surface area contributed by atoms with Gasteiger partial charge in [0, 0.05) is 25.5 Å². The Morgan fingerprint density at radius 3 is 2.78 bits per heavy atom. The van der Waals surface area contributed by atoms with Crippen LogP contribution in [0.5, 0.6) is 0 Å². The van der Waals surface area contributed by atoms with E-state index >= 15 is 0 Å². The van der Waals surface area contributed by atoms with Gasteiger partial charge in [0.2, 0.25) is 0 Å². The molecule has 0 saturated carbocycles. The van der Waals surface area contributed by atoms with Crippen LogP contribution in [-0.4, -0.2) is 47.4 Å². The summed E-state index contributed by atoms with van der Waals surface area (Å²) in [7, 11) is 2.08. The molecule has 0 aliphatic rings. The lowest BCUT2D eigenvalue weighted by Crippen LogP contribution is -2.24. The van der Waals surface area contributed by atoms with Gasteiger partial charge in [-0.2, -0.15) is 5.10 Å². The molecule has 1 heterocycles. The number of aromatic nitrogens is 2. The molecule has 0 N–H and O–H groups in total. The largest absolute Gasteiger partial charge is 0.379 e. The van der Waals surface area contributed by atoms with E-state index in [2.05, 4.69) is 39.9 Å². The van der Waals surface area contributed by atoms with Crippen LogP contribution in [0, 0.1) is 6.92 Å². The quantitative estimate of drug-likeness (QED) is 0.539. The number of halogens is 2. The number of nitrogens with zero attached hydrogens (tertiary/aromatic N) is 3. The lowest BCUT2D eigenvalue weighted by molar-refractivity contribution is 0.121. The molecule has 1 rings (SSSR count). The van der Waals surface area contributed by atoms with Gasteiger partial charge in [0.25, 0.3) is 0 Å². The average Bonchev–Trinajstić information content (AvgIpc) is 2.62. The summed E-state index contributed by atoms with van der Waals surface area (Å²) in [5, 5.41) is 4.49. The molecule has 0 aliphatic heterocycles. The summed E-state index contributed by atoms with van der Waals surface area (Å²) in [4.78, 5) is 2.22. The summed E-state index contributed by atoms with van der Waals surface area (Å²) in [6.07, 6.45) is 0. The van der Waals surface area contributed by atoms with Gasteiger partial charge >= 0.3 is 0 Å². The van der Waals surface area contributed by atoms with E-state index in [0.29, 0.717) is 19.1 Å². The maximum absolute atomic E-state index is 5.55. The summed E-state index contributed by atoms with van der Waals surface area (Å²) < 4.78 is 8.52. The Morgan fingerprint density at radius 2 is 2.17 bits per heavy atom. The van der Waals surface area contributed by atoms with E-state index in [-0.39, 0.29) is 0 Å². The van der Waals surface area contributed by atoms with Crippen LogP contribution >= 0.6 is 27.5 Å². The molecular formula is C12H21BrClN3O. The molecule has 0 aromatic carbocycles. The lowest BCUT2D eigenvalue weighted by Gasteiger charge is -2.17. The SMILES string of the molecule is CCn1nc(C)c(Br)c1CN(C)CCOCCCl.